The summed E-state index contributed by atoms with van der Waals surface area (Å²) in [6.07, 6.45) is 4.59. The van der Waals surface area contributed by atoms with Crippen LogP contribution in [0.4, 0.5) is 0 Å². The lowest BCUT2D eigenvalue weighted by molar-refractivity contribution is -0.143. The van der Waals surface area contributed by atoms with Crippen LogP contribution in [0.3, 0.4) is 0 Å². The summed E-state index contributed by atoms with van der Waals surface area (Å²) in [6, 6.07) is 8.18. The lowest BCUT2D eigenvalue weighted by atomic mass is 9.97. The van der Waals surface area contributed by atoms with E-state index in [1.54, 1.807) is 47.6 Å². The van der Waals surface area contributed by atoms with Gasteiger partial charge in [0.25, 0.3) is 5.91 Å². The lowest BCUT2D eigenvalue weighted by Gasteiger charge is -2.30. The van der Waals surface area contributed by atoms with Crippen molar-refractivity contribution in [2.75, 3.05) is 13.1 Å². The fraction of sp³-hybridized carbons (Fsp3) is 0.278. The second-order valence-electron chi connectivity index (χ2n) is 5.93. The number of carbonyl (C=O) groups is 3. The molecular formula is C18H18N2O4. The Labute approximate surface area is 139 Å². The quantitative estimate of drug-likeness (QED) is 0.843. The van der Waals surface area contributed by atoms with E-state index in [0.717, 1.165) is 0 Å². The minimum Gasteiger partial charge on any atom is -0.481 e. The molecule has 0 spiro atoms. The molecule has 1 aromatic carbocycles. The van der Waals surface area contributed by atoms with E-state index in [9.17, 15) is 14.4 Å². The zero-order valence-corrected chi connectivity index (χ0v) is 13.1. The summed E-state index contributed by atoms with van der Waals surface area (Å²) in [4.78, 5) is 40.3. The Morgan fingerprint density at radius 2 is 1.75 bits per heavy atom. The van der Waals surface area contributed by atoms with Gasteiger partial charge in [-0.05, 0) is 31.0 Å². The van der Waals surface area contributed by atoms with Crippen LogP contribution in [0.1, 0.15) is 39.1 Å². The van der Waals surface area contributed by atoms with Crippen LogP contribution in [-0.4, -0.2) is 45.7 Å². The summed E-state index contributed by atoms with van der Waals surface area (Å²) >= 11 is 0. The van der Waals surface area contributed by atoms with Gasteiger partial charge in [-0.1, -0.05) is 12.1 Å². The van der Waals surface area contributed by atoms with E-state index in [0.29, 0.717) is 36.1 Å². The number of aromatic amines is 1. The topological polar surface area (TPSA) is 90.5 Å². The average molecular weight is 326 g/mol. The molecule has 6 nitrogen and oxygen atoms in total. The van der Waals surface area contributed by atoms with Gasteiger partial charge in [0.05, 0.1) is 5.92 Å². The molecule has 0 unspecified atom stereocenters. The van der Waals surface area contributed by atoms with Crippen molar-refractivity contribution in [3.05, 3.63) is 59.4 Å². The predicted molar refractivity (Wildman–Crippen MR) is 86.9 cm³/mol. The number of hydrogen-bond acceptors (Lipinski definition) is 3. The van der Waals surface area contributed by atoms with E-state index < -0.39 is 11.9 Å². The second-order valence-corrected chi connectivity index (χ2v) is 5.93. The van der Waals surface area contributed by atoms with Crippen LogP contribution in [-0.2, 0) is 4.79 Å². The molecule has 1 saturated heterocycles. The van der Waals surface area contributed by atoms with E-state index >= 15 is 0 Å². The molecule has 1 amide bonds. The highest BCUT2D eigenvalue weighted by Gasteiger charge is 2.28. The van der Waals surface area contributed by atoms with Crippen molar-refractivity contribution in [2.24, 2.45) is 5.92 Å². The number of nitrogens with one attached hydrogen (secondary N) is 1. The Morgan fingerprint density at radius 1 is 1.04 bits per heavy atom. The molecule has 1 aliphatic rings. The van der Waals surface area contributed by atoms with Crippen molar-refractivity contribution >= 4 is 17.7 Å². The van der Waals surface area contributed by atoms with Gasteiger partial charge in [0, 0.05) is 42.2 Å². The molecule has 1 aromatic heterocycles. The van der Waals surface area contributed by atoms with Crippen LogP contribution in [0, 0.1) is 5.92 Å². The maximum absolute atomic E-state index is 12.5. The van der Waals surface area contributed by atoms with Crippen LogP contribution in [0.25, 0.3) is 0 Å². The molecule has 0 saturated carbocycles. The van der Waals surface area contributed by atoms with Gasteiger partial charge in [-0.15, -0.1) is 0 Å². The molecule has 3 rings (SSSR count). The summed E-state index contributed by atoms with van der Waals surface area (Å²) in [6.45, 7) is 0.796. The number of nitrogens with zero attached hydrogens (tertiary/aromatic N) is 1. The molecule has 2 N–H and O–H groups in total. The van der Waals surface area contributed by atoms with Crippen molar-refractivity contribution in [3.63, 3.8) is 0 Å². The molecule has 2 heterocycles. The van der Waals surface area contributed by atoms with E-state index in [2.05, 4.69) is 4.98 Å². The van der Waals surface area contributed by atoms with Crippen molar-refractivity contribution in [1.29, 1.82) is 0 Å². The largest absolute Gasteiger partial charge is 0.481 e. The summed E-state index contributed by atoms with van der Waals surface area (Å²) < 4.78 is 0. The maximum atomic E-state index is 12.5. The molecule has 2 aromatic rings. The normalized spacial score (nSPS) is 17.5. The van der Waals surface area contributed by atoms with Gasteiger partial charge in [-0.2, -0.15) is 0 Å². The number of ketones is 1. The van der Waals surface area contributed by atoms with Gasteiger partial charge in [0.15, 0.2) is 5.78 Å². The number of aromatic nitrogens is 1. The number of benzene rings is 1. The Hall–Kier alpha value is -2.89. The number of hydrogen-bond donors (Lipinski definition) is 2. The molecule has 1 fully saturated rings. The minimum absolute atomic E-state index is 0.112. The number of carboxylic acids is 1. The second kappa shape index (κ2) is 6.70. The van der Waals surface area contributed by atoms with Crippen LogP contribution in [0.2, 0.25) is 0 Å². The molecule has 24 heavy (non-hydrogen) atoms. The third-order valence-electron chi connectivity index (χ3n) is 4.31. The molecule has 1 atom stereocenters. The number of likely N-dealkylation sites (tertiary alicyclic amines) is 1. The van der Waals surface area contributed by atoms with E-state index in [1.807, 2.05) is 0 Å². The summed E-state index contributed by atoms with van der Waals surface area (Å²) in [5.74, 6) is -1.67. The number of piperidine rings is 1. The molecule has 0 radical (unpaired) electrons. The molecule has 0 aliphatic carbocycles. The fourth-order valence-corrected chi connectivity index (χ4v) is 2.94. The molecule has 1 aliphatic heterocycles. The van der Waals surface area contributed by atoms with Gasteiger partial charge in [-0.25, -0.2) is 0 Å². The summed E-state index contributed by atoms with van der Waals surface area (Å²) in [7, 11) is 0. The highest BCUT2D eigenvalue weighted by atomic mass is 16.4. The van der Waals surface area contributed by atoms with E-state index in [1.165, 1.54) is 0 Å². The number of carbonyl (C=O) groups excluding carboxylic acids is 2. The number of aliphatic carboxylic acids is 1. The van der Waals surface area contributed by atoms with Crippen LogP contribution in [0.5, 0.6) is 0 Å². The fourth-order valence-electron chi connectivity index (χ4n) is 2.94. The Morgan fingerprint density at radius 3 is 2.38 bits per heavy atom. The molecule has 124 valence electrons. The SMILES string of the molecule is O=C(c1ccc(C(=O)N2CCC[C@@H](C(=O)O)C2)cc1)c1cc[nH]c1. The standard InChI is InChI=1S/C18H18N2O4/c21-16(14-7-8-19-10-14)12-3-5-13(6-4-12)17(22)20-9-1-2-15(11-20)18(23)24/h3-8,10,15,19H,1-2,9,11H2,(H,23,24)/t15-/m1/s1. The van der Waals surface area contributed by atoms with Crippen LogP contribution in [0.15, 0.2) is 42.7 Å². The van der Waals surface area contributed by atoms with Crippen molar-refractivity contribution < 1.29 is 19.5 Å². The zero-order chi connectivity index (χ0) is 17.1. The Bertz CT molecular complexity index is 750. The predicted octanol–water partition coefficient (Wildman–Crippen LogP) is 2.18. The van der Waals surface area contributed by atoms with Crippen molar-refractivity contribution in [1.82, 2.24) is 9.88 Å². The number of amides is 1. The smallest absolute Gasteiger partial charge is 0.308 e. The first kappa shape index (κ1) is 16.0. The third-order valence-corrected chi connectivity index (χ3v) is 4.31. The molecule has 6 heteroatoms. The highest BCUT2D eigenvalue weighted by Crippen LogP contribution is 2.19. The van der Waals surface area contributed by atoms with Gasteiger partial charge in [0.1, 0.15) is 0 Å². The van der Waals surface area contributed by atoms with Gasteiger partial charge >= 0.3 is 5.97 Å². The van der Waals surface area contributed by atoms with Crippen LogP contribution >= 0.6 is 0 Å². The van der Waals surface area contributed by atoms with Crippen molar-refractivity contribution in [2.45, 2.75) is 12.8 Å². The molecule has 0 bridgehead atoms. The lowest BCUT2D eigenvalue weighted by Crippen LogP contribution is -2.42. The number of H-pyrrole nitrogens is 1. The monoisotopic (exact) mass is 326 g/mol. The first-order valence-corrected chi connectivity index (χ1v) is 7.86. The number of rotatable bonds is 4. The summed E-state index contributed by atoms with van der Waals surface area (Å²) in [5.41, 5.74) is 1.54. The average Bonchev–Trinajstić information content (AvgIpc) is 3.15. The first-order valence-electron chi connectivity index (χ1n) is 7.86. The van der Waals surface area contributed by atoms with Gasteiger partial charge < -0.3 is 15.0 Å². The maximum Gasteiger partial charge on any atom is 0.308 e. The van der Waals surface area contributed by atoms with Crippen LogP contribution < -0.4 is 0 Å². The minimum atomic E-state index is -0.861. The van der Waals surface area contributed by atoms with Gasteiger partial charge in [-0.3, -0.25) is 14.4 Å². The van der Waals surface area contributed by atoms with E-state index in [4.69, 9.17) is 5.11 Å². The van der Waals surface area contributed by atoms with E-state index in [-0.39, 0.29) is 18.2 Å². The Balaban J connectivity index is 1.72. The molecular weight excluding hydrogens is 308 g/mol. The number of carboxylic acid groups (broad SMARTS) is 1. The highest BCUT2D eigenvalue weighted by molar-refractivity contribution is 6.09. The van der Waals surface area contributed by atoms with Crippen molar-refractivity contribution in [3.8, 4) is 0 Å². The van der Waals surface area contributed by atoms with Gasteiger partial charge in [0.2, 0.25) is 0 Å². The third kappa shape index (κ3) is 3.22. The first-order chi connectivity index (χ1) is 11.6. The zero-order valence-electron chi connectivity index (χ0n) is 13.1. The summed E-state index contributed by atoms with van der Waals surface area (Å²) in [5, 5.41) is 9.12. The Kier molecular flexibility index (Phi) is 4.46.